The summed E-state index contributed by atoms with van der Waals surface area (Å²) in [5, 5.41) is 8.41. The van der Waals surface area contributed by atoms with Crippen molar-refractivity contribution in [2.45, 2.75) is 53.5 Å². The van der Waals surface area contributed by atoms with Crippen molar-refractivity contribution < 1.29 is 9.59 Å². The fourth-order valence-corrected chi connectivity index (χ4v) is 4.56. The van der Waals surface area contributed by atoms with Crippen LogP contribution in [0.15, 0.2) is 12.3 Å². The van der Waals surface area contributed by atoms with Crippen LogP contribution in [0.5, 0.6) is 0 Å². The molecule has 3 rings (SSSR count). The minimum absolute atomic E-state index is 0.0137. The zero-order chi connectivity index (χ0) is 23.6. The largest absolute Gasteiger partial charge is 0.355 e. The number of aryl methyl sites for hydroxylation is 1. The number of likely N-dealkylation sites (tertiary alicyclic amines) is 1. The van der Waals surface area contributed by atoms with E-state index in [4.69, 9.17) is 0 Å². The Hall–Kier alpha value is -2.48. The summed E-state index contributed by atoms with van der Waals surface area (Å²) in [6.07, 6.45) is 3.14. The second kappa shape index (κ2) is 9.57. The number of hydrogen-bond donors (Lipinski definition) is 1. The van der Waals surface area contributed by atoms with Crippen molar-refractivity contribution in [3.8, 4) is 0 Å². The maximum Gasteiger partial charge on any atom is 0.255 e. The Morgan fingerprint density at radius 3 is 2.50 bits per heavy atom. The highest BCUT2D eigenvalue weighted by Crippen LogP contribution is 2.24. The van der Waals surface area contributed by atoms with Crippen molar-refractivity contribution >= 4 is 22.8 Å². The average Bonchev–Trinajstić information content (AvgIpc) is 3.13. The van der Waals surface area contributed by atoms with Gasteiger partial charge in [0.25, 0.3) is 5.91 Å². The lowest BCUT2D eigenvalue weighted by Gasteiger charge is -2.33. The fourth-order valence-electron chi connectivity index (χ4n) is 4.56. The van der Waals surface area contributed by atoms with Gasteiger partial charge in [0.05, 0.1) is 17.5 Å². The number of amides is 2. The van der Waals surface area contributed by atoms with Gasteiger partial charge < -0.3 is 15.1 Å². The Morgan fingerprint density at radius 1 is 1.25 bits per heavy atom. The molecule has 1 aliphatic rings. The molecule has 2 amide bonds. The molecule has 0 unspecified atom stereocenters. The molecule has 176 valence electrons. The molecule has 1 fully saturated rings. The lowest BCUT2D eigenvalue weighted by Crippen LogP contribution is -2.46. The van der Waals surface area contributed by atoms with Crippen molar-refractivity contribution in [3.63, 3.8) is 0 Å². The van der Waals surface area contributed by atoms with Crippen LogP contribution in [0.4, 0.5) is 0 Å². The summed E-state index contributed by atoms with van der Waals surface area (Å²) in [5.41, 5.74) is 2.16. The highest BCUT2D eigenvalue weighted by Gasteiger charge is 2.30. The van der Waals surface area contributed by atoms with Gasteiger partial charge >= 0.3 is 0 Å². The summed E-state index contributed by atoms with van der Waals surface area (Å²) in [4.78, 5) is 34.5. The van der Waals surface area contributed by atoms with Crippen LogP contribution in [0.25, 0.3) is 11.0 Å². The van der Waals surface area contributed by atoms with Gasteiger partial charge in [0, 0.05) is 43.5 Å². The number of carbonyl (C=O) groups excluding carboxylic acids is 2. The monoisotopic (exact) mass is 442 g/mol. The van der Waals surface area contributed by atoms with E-state index in [9.17, 15) is 9.59 Å². The molecule has 2 aromatic rings. The average molecular weight is 443 g/mol. The molecule has 8 heteroatoms. The summed E-state index contributed by atoms with van der Waals surface area (Å²) in [6.45, 7) is 13.0. The molecule has 8 nitrogen and oxygen atoms in total. The lowest BCUT2D eigenvalue weighted by molar-refractivity contribution is -0.126. The lowest BCUT2D eigenvalue weighted by atomic mass is 9.91. The topological polar surface area (TPSA) is 83.4 Å². The van der Waals surface area contributed by atoms with Crippen molar-refractivity contribution in [2.24, 2.45) is 11.3 Å². The molecule has 0 bridgehead atoms. The van der Waals surface area contributed by atoms with E-state index in [1.165, 1.54) is 0 Å². The third kappa shape index (κ3) is 5.46. The highest BCUT2D eigenvalue weighted by molar-refractivity contribution is 5.98. The molecular formula is C24H38N6O2. The fraction of sp³-hybridized carbons (Fsp3) is 0.667. The third-order valence-electron chi connectivity index (χ3n) is 6.12. The van der Waals surface area contributed by atoms with E-state index in [1.807, 2.05) is 36.7 Å². The molecule has 2 aromatic heterocycles. The van der Waals surface area contributed by atoms with Gasteiger partial charge in [-0.3, -0.25) is 9.59 Å². The number of pyridine rings is 1. The van der Waals surface area contributed by atoms with E-state index >= 15 is 0 Å². The summed E-state index contributed by atoms with van der Waals surface area (Å²) >= 11 is 0. The number of hydrogen-bond acceptors (Lipinski definition) is 5. The van der Waals surface area contributed by atoms with E-state index in [0.29, 0.717) is 43.7 Å². The predicted molar refractivity (Wildman–Crippen MR) is 127 cm³/mol. The molecule has 0 aliphatic carbocycles. The van der Waals surface area contributed by atoms with Gasteiger partial charge in [-0.1, -0.05) is 13.8 Å². The van der Waals surface area contributed by atoms with Gasteiger partial charge in [0.15, 0.2) is 5.65 Å². The van der Waals surface area contributed by atoms with Gasteiger partial charge in [-0.25, -0.2) is 9.67 Å². The van der Waals surface area contributed by atoms with Crippen LogP contribution in [0.2, 0.25) is 0 Å². The first-order chi connectivity index (χ1) is 15.0. The zero-order valence-electron chi connectivity index (χ0n) is 20.6. The molecule has 1 aliphatic heterocycles. The molecule has 1 saturated heterocycles. The summed E-state index contributed by atoms with van der Waals surface area (Å²) in [7, 11) is 4.09. The van der Waals surface area contributed by atoms with Gasteiger partial charge in [-0.2, -0.15) is 5.10 Å². The Morgan fingerprint density at radius 2 is 1.91 bits per heavy atom. The smallest absolute Gasteiger partial charge is 0.255 e. The van der Waals surface area contributed by atoms with E-state index in [2.05, 4.69) is 48.0 Å². The number of nitrogens with zero attached hydrogens (tertiary/aromatic N) is 5. The second-order valence-electron chi connectivity index (χ2n) is 10.4. The number of carbonyl (C=O) groups is 2. The molecule has 0 atom stereocenters. The van der Waals surface area contributed by atoms with Gasteiger partial charge in [-0.05, 0) is 59.2 Å². The van der Waals surface area contributed by atoms with Crippen LogP contribution in [0.3, 0.4) is 0 Å². The van der Waals surface area contributed by atoms with Crippen LogP contribution in [-0.2, 0) is 4.79 Å². The van der Waals surface area contributed by atoms with Crippen LogP contribution in [-0.4, -0.2) is 76.7 Å². The van der Waals surface area contributed by atoms with E-state index in [-0.39, 0.29) is 29.2 Å². The Balaban J connectivity index is 1.60. The van der Waals surface area contributed by atoms with Gasteiger partial charge in [0.1, 0.15) is 0 Å². The maximum absolute atomic E-state index is 13.2. The Bertz CT molecular complexity index is 970. The SMILES string of the molecule is Cc1nc2c(cnn2C(C)C)cc1C(=O)N1CCC(C(=O)NCC(C)(C)CN(C)C)CC1. The maximum atomic E-state index is 13.2. The minimum Gasteiger partial charge on any atom is -0.355 e. The number of fused-ring (bicyclic) bond motifs is 1. The summed E-state index contributed by atoms with van der Waals surface area (Å²) < 4.78 is 1.88. The van der Waals surface area contributed by atoms with E-state index in [1.54, 1.807) is 6.20 Å². The van der Waals surface area contributed by atoms with Crippen LogP contribution >= 0.6 is 0 Å². The van der Waals surface area contributed by atoms with Crippen LogP contribution in [0.1, 0.15) is 62.6 Å². The zero-order valence-corrected chi connectivity index (χ0v) is 20.6. The molecule has 0 radical (unpaired) electrons. The quantitative estimate of drug-likeness (QED) is 0.713. The van der Waals surface area contributed by atoms with Crippen LogP contribution in [0, 0.1) is 18.3 Å². The normalized spacial score (nSPS) is 15.7. The van der Waals surface area contributed by atoms with Crippen molar-refractivity contribution in [1.82, 2.24) is 29.9 Å². The molecule has 1 N–H and O–H groups in total. The third-order valence-corrected chi connectivity index (χ3v) is 6.12. The van der Waals surface area contributed by atoms with Crippen LogP contribution < -0.4 is 5.32 Å². The van der Waals surface area contributed by atoms with E-state index in [0.717, 1.165) is 17.6 Å². The first-order valence-corrected chi connectivity index (χ1v) is 11.5. The second-order valence-corrected chi connectivity index (χ2v) is 10.4. The summed E-state index contributed by atoms with van der Waals surface area (Å²) in [5.74, 6) is 0.0460. The molecule has 3 heterocycles. The van der Waals surface area contributed by atoms with E-state index < -0.39 is 0 Å². The Kier molecular flexibility index (Phi) is 7.22. The number of nitrogens with one attached hydrogen (secondary N) is 1. The molecule has 32 heavy (non-hydrogen) atoms. The molecule has 0 saturated carbocycles. The van der Waals surface area contributed by atoms with Crippen molar-refractivity contribution in [1.29, 1.82) is 0 Å². The first kappa shape index (κ1) is 24.2. The first-order valence-electron chi connectivity index (χ1n) is 11.5. The predicted octanol–water partition coefficient (Wildman–Crippen LogP) is 2.88. The number of rotatable bonds is 7. The van der Waals surface area contributed by atoms with Crippen molar-refractivity contribution in [3.05, 3.63) is 23.5 Å². The summed E-state index contributed by atoms with van der Waals surface area (Å²) in [6, 6.07) is 2.11. The minimum atomic E-state index is -0.0415. The number of piperidine rings is 1. The Labute approximate surface area is 191 Å². The van der Waals surface area contributed by atoms with Gasteiger partial charge in [-0.15, -0.1) is 0 Å². The molecule has 0 aromatic carbocycles. The van der Waals surface area contributed by atoms with Crippen molar-refractivity contribution in [2.75, 3.05) is 40.3 Å². The van der Waals surface area contributed by atoms with Gasteiger partial charge in [0.2, 0.25) is 5.91 Å². The number of aromatic nitrogens is 3. The molecular weight excluding hydrogens is 404 g/mol. The molecule has 0 spiro atoms. The standard InChI is InChI=1S/C24H38N6O2/c1-16(2)30-21-19(13-26-30)12-20(17(3)27-21)23(32)29-10-8-18(9-11-29)22(31)25-14-24(4,5)15-28(6)7/h12-13,16,18H,8-11,14-15H2,1-7H3,(H,25,31). The highest BCUT2D eigenvalue weighted by atomic mass is 16.2.